The van der Waals surface area contributed by atoms with Gasteiger partial charge in [0.05, 0.1) is 11.4 Å². The molecule has 0 aliphatic heterocycles. The van der Waals surface area contributed by atoms with Crippen LogP contribution in [0.4, 0.5) is 0 Å². The molecular formula is C16H36N5O+. The lowest BCUT2D eigenvalue weighted by molar-refractivity contribution is -0.727. The van der Waals surface area contributed by atoms with Gasteiger partial charge >= 0.3 is 0 Å². The summed E-state index contributed by atoms with van der Waals surface area (Å²) in [5.41, 5.74) is 10.6. The van der Waals surface area contributed by atoms with E-state index in [4.69, 9.17) is 11.5 Å². The van der Waals surface area contributed by atoms with E-state index in [1.54, 1.807) is 6.92 Å². The van der Waals surface area contributed by atoms with Gasteiger partial charge in [-0.25, -0.2) is 0 Å². The Morgan fingerprint density at radius 3 is 2.27 bits per heavy atom. The first-order valence-electron chi connectivity index (χ1n) is 8.37. The maximum Gasteiger partial charge on any atom is 0.251 e. The van der Waals surface area contributed by atoms with Crippen LogP contribution in [0.5, 0.6) is 0 Å². The van der Waals surface area contributed by atoms with Crippen LogP contribution in [-0.2, 0) is 4.79 Å². The zero-order valence-electron chi connectivity index (χ0n) is 15.0. The number of nitrogens with one attached hydrogen (secondary N) is 1. The second-order valence-electron chi connectivity index (χ2n) is 6.55. The van der Waals surface area contributed by atoms with E-state index in [1.165, 1.54) is 0 Å². The fraction of sp³-hybridized carbons (Fsp3) is 0.875. The molecule has 0 aliphatic rings. The number of hydrogen-bond acceptors (Lipinski definition) is 3. The van der Waals surface area contributed by atoms with E-state index in [9.17, 15) is 4.79 Å². The molecule has 6 heteroatoms. The molecule has 0 aromatic rings. The Balaban J connectivity index is 4.67. The number of carbonyl (C=O) groups is 1. The van der Waals surface area contributed by atoms with Crippen LogP contribution in [-0.4, -0.2) is 36.0 Å². The average Bonchev–Trinajstić information content (AvgIpc) is 2.46. The minimum Gasteiger partial charge on any atom is -0.388 e. The molecule has 0 aliphatic carbocycles. The molecule has 130 valence electrons. The molecule has 0 spiro atoms. The Bertz CT molecular complexity index is 362. The van der Waals surface area contributed by atoms with Gasteiger partial charge in [-0.05, 0) is 59.4 Å². The number of carbonyl (C=O) groups excluding carboxylic acids is 1. The van der Waals surface area contributed by atoms with Gasteiger partial charge in [-0.15, -0.1) is 0 Å². The third kappa shape index (κ3) is 7.22. The van der Waals surface area contributed by atoms with Crippen molar-refractivity contribution in [3.8, 4) is 0 Å². The molecular weight excluding hydrogens is 278 g/mol. The van der Waals surface area contributed by atoms with Crippen LogP contribution in [0.25, 0.3) is 0 Å². The van der Waals surface area contributed by atoms with Gasteiger partial charge in [-0.2, -0.15) is 0 Å². The summed E-state index contributed by atoms with van der Waals surface area (Å²) in [4.78, 5) is 16.9. The van der Waals surface area contributed by atoms with E-state index in [0.29, 0.717) is 25.5 Å². The fourth-order valence-electron chi connectivity index (χ4n) is 2.34. The highest BCUT2D eigenvalue weighted by Crippen LogP contribution is 2.19. The van der Waals surface area contributed by atoms with Crippen LogP contribution < -0.4 is 22.1 Å². The third-order valence-electron chi connectivity index (χ3n) is 4.50. The summed E-state index contributed by atoms with van der Waals surface area (Å²) in [5.74, 6) is 0.362. The minimum atomic E-state index is -0.809. The normalized spacial score (nSPS) is 15.5. The molecule has 0 aromatic carbocycles. The number of unbranched alkanes of at least 4 members (excludes halogenated alkanes) is 1. The average molecular weight is 314 g/mol. The molecule has 0 saturated carbocycles. The predicted octanol–water partition coefficient (Wildman–Crippen LogP) is 0.467. The van der Waals surface area contributed by atoms with Gasteiger partial charge in [0, 0.05) is 0 Å². The summed E-state index contributed by atoms with van der Waals surface area (Å²) in [5, 5.41) is 5.18. The van der Waals surface area contributed by atoms with Crippen LogP contribution in [0.2, 0.25) is 0 Å². The third-order valence-corrected chi connectivity index (χ3v) is 4.50. The van der Waals surface area contributed by atoms with Crippen molar-refractivity contribution in [2.75, 3.05) is 13.2 Å². The minimum absolute atomic E-state index is 0.0693. The zero-order valence-corrected chi connectivity index (χ0v) is 15.0. The molecule has 6 nitrogen and oxygen atoms in total. The fourth-order valence-corrected chi connectivity index (χ4v) is 2.34. The predicted molar refractivity (Wildman–Crippen MR) is 92.5 cm³/mol. The highest BCUT2D eigenvalue weighted by molar-refractivity contribution is 5.89. The lowest BCUT2D eigenvalue weighted by Gasteiger charge is -2.27. The second-order valence-corrected chi connectivity index (χ2v) is 6.55. The van der Waals surface area contributed by atoms with E-state index in [0.717, 1.165) is 25.7 Å². The SMILES string of the molecule is CCC(C)(CC)[NH2+]CNC(=O)C(C)(CCCCN)N=C(C)N. The zero-order chi connectivity index (χ0) is 17.2. The van der Waals surface area contributed by atoms with Gasteiger partial charge in [0.25, 0.3) is 5.91 Å². The molecule has 0 heterocycles. The number of aliphatic imine (C=N–C) groups is 1. The van der Waals surface area contributed by atoms with E-state index in [-0.39, 0.29) is 11.4 Å². The van der Waals surface area contributed by atoms with E-state index in [1.807, 2.05) is 6.92 Å². The topological polar surface area (TPSA) is 110 Å². The largest absolute Gasteiger partial charge is 0.388 e. The lowest BCUT2D eigenvalue weighted by atomic mass is 9.94. The van der Waals surface area contributed by atoms with Crippen molar-refractivity contribution in [2.24, 2.45) is 16.5 Å². The van der Waals surface area contributed by atoms with Crippen molar-refractivity contribution in [1.82, 2.24) is 5.32 Å². The van der Waals surface area contributed by atoms with Crippen molar-refractivity contribution in [1.29, 1.82) is 0 Å². The van der Waals surface area contributed by atoms with Crippen molar-refractivity contribution in [3.05, 3.63) is 0 Å². The van der Waals surface area contributed by atoms with Gasteiger partial charge in [0.1, 0.15) is 5.54 Å². The molecule has 1 atom stereocenters. The number of hydrogen-bond donors (Lipinski definition) is 4. The maximum absolute atomic E-state index is 12.5. The first-order valence-corrected chi connectivity index (χ1v) is 8.37. The van der Waals surface area contributed by atoms with Crippen LogP contribution >= 0.6 is 0 Å². The standard InChI is InChI=1S/C16H35N5O/c1-6-15(4,7-2)20-12-19-14(22)16(5,21-13(3)18)10-8-9-11-17/h20H,6-12,17H2,1-5H3,(H2,18,21)(H,19,22)/p+1. The molecule has 0 saturated heterocycles. The Morgan fingerprint density at radius 1 is 1.23 bits per heavy atom. The summed E-state index contributed by atoms with van der Waals surface area (Å²) in [7, 11) is 0. The molecule has 0 bridgehead atoms. The summed E-state index contributed by atoms with van der Waals surface area (Å²) in [6, 6.07) is 0. The monoisotopic (exact) mass is 314 g/mol. The van der Waals surface area contributed by atoms with E-state index in [2.05, 4.69) is 36.4 Å². The Labute approximate surface area is 135 Å². The van der Waals surface area contributed by atoms with Crippen molar-refractivity contribution in [2.45, 2.75) is 77.8 Å². The number of amidine groups is 1. The van der Waals surface area contributed by atoms with Crippen LogP contribution in [0.3, 0.4) is 0 Å². The van der Waals surface area contributed by atoms with Crippen molar-refractivity contribution < 1.29 is 10.1 Å². The van der Waals surface area contributed by atoms with Crippen LogP contribution in [0.15, 0.2) is 4.99 Å². The molecule has 0 rings (SSSR count). The highest BCUT2D eigenvalue weighted by Gasteiger charge is 2.33. The second kappa shape index (κ2) is 9.79. The van der Waals surface area contributed by atoms with Gasteiger partial charge in [-0.3, -0.25) is 9.79 Å². The number of amides is 1. The van der Waals surface area contributed by atoms with Gasteiger partial charge in [0.15, 0.2) is 6.67 Å². The molecule has 0 aromatic heterocycles. The Kier molecular flexibility index (Phi) is 9.28. The highest BCUT2D eigenvalue weighted by atomic mass is 16.2. The van der Waals surface area contributed by atoms with Crippen LogP contribution in [0.1, 0.15) is 66.7 Å². The molecule has 0 fully saturated rings. The number of nitrogens with zero attached hydrogens (tertiary/aromatic N) is 1. The number of rotatable bonds is 11. The first-order chi connectivity index (χ1) is 10.2. The number of nitrogens with two attached hydrogens (primary N) is 3. The van der Waals surface area contributed by atoms with E-state index < -0.39 is 5.54 Å². The Morgan fingerprint density at radius 2 is 1.82 bits per heavy atom. The molecule has 22 heavy (non-hydrogen) atoms. The molecule has 1 unspecified atom stereocenters. The maximum atomic E-state index is 12.5. The summed E-state index contributed by atoms with van der Waals surface area (Å²) in [6.45, 7) is 11.3. The van der Waals surface area contributed by atoms with Gasteiger partial charge in [-0.1, -0.05) is 13.8 Å². The van der Waals surface area contributed by atoms with Crippen LogP contribution in [0, 0.1) is 0 Å². The smallest absolute Gasteiger partial charge is 0.251 e. The summed E-state index contributed by atoms with van der Waals surface area (Å²) < 4.78 is 0. The quantitative estimate of drug-likeness (QED) is 0.192. The van der Waals surface area contributed by atoms with Gasteiger partial charge < -0.3 is 22.1 Å². The lowest BCUT2D eigenvalue weighted by Crippen LogP contribution is -2.98. The summed E-state index contributed by atoms with van der Waals surface area (Å²) >= 11 is 0. The number of quaternary nitrogens is 1. The van der Waals surface area contributed by atoms with Gasteiger partial charge in [0.2, 0.25) is 0 Å². The van der Waals surface area contributed by atoms with E-state index >= 15 is 0 Å². The van der Waals surface area contributed by atoms with Crippen molar-refractivity contribution in [3.63, 3.8) is 0 Å². The molecule has 0 radical (unpaired) electrons. The molecule has 1 amide bonds. The molecule has 7 N–H and O–H groups in total. The summed E-state index contributed by atoms with van der Waals surface area (Å²) in [6.07, 6.45) is 4.53. The van der Waals surface area contributed by atoms with Crippen molar-refractivity contribution >= 4 is 11.7 Å². The Hall–Kier alpha value is -1.14. The first kappa shape index (κ1) is 20.9.